The number of aromatic nitrogens is 4. The highest BCUT2D eigenvalue weighted by Crippen LogP contribution is 2.27. The minimum absolute atomic E-state index is 0.288. The Labute approximate surface area is 158 Å². The first-order chi connectivity index (χ1) is 12.5. The lowest BCUT2D eigenvalue weighted by atomic mass is 10.1. The van der Waals surface area contributed by atoms with E-state index in [0.29, 0.717) is 33.6 Å². The molecule has 0 aliphatic rings. The molecule has 0 saturated carbocycles. The largest absolute Gasteiger partial charge is 0.304 e. The number of fused-ring (bicyclic) bond motifs is 1. The lowest BCUT2D eigenvalue weighted by Crippen LogP contribution is -2.15. The van der Waals surface area contributed by atoms with Crippen LogP contribution in [0.4, 0.5) is 5.82 Å². The van der Waals surface area contributed by atoms with Gasteiger partial charge in [0.15, 0.2) is 11.5 Å². The Morgan fingerprint density at radius 1 is 1.15 bits per heavy atom. The predicted molar refractivity (Wildman–Crippen MR) is 103 cm³/mol. The lowest BCUT2D eigenvalue weighted by molar-refractivity contribution is 0.102. The molecule has 26 heavy (non-hydrogen) atoms. The van der Waals surface area contributed by atoms with Crippen LogP contribution in [-0.4, -0.2) is 25.5 Å². The Balaban J connectivity index is 1.77. The number of nitrogens with one attached hydrogen (secondary N) is 1. The van der Waals surface area contributed by atoms with E-state index in [1.165, 1.54) is 11.3 Å². The fraction of sp³-hybridized carbons (Fsp3) is 0.111. The molecule has 0 atom stereocenters. The number of carbonyl (C=O) groups excluding carboxylic acids is 1. The second kappa shape index (κ2) is 6.51. The third-order valence-corrected chi connectivity index (χ3v) is 4.99. The molecule has 4 rings (SSSR count). The van der Waals surface area contributed by atoms with Crippen LogP contribution in [-0.2, 0) is 0 Å². The molecule has 1 aromatic carbocycles. The number of thiazole rings is 1. The summed E-state index contributed by atoms with van der Waals surface area (Å²) in [5.74, 6) is 0.230. The van der Waals surface area contributed by atoms with E-state index in [1.807, 2.05) is 50.2 Å². The Hall–Kier alpha value is -2.77. The van der Waals surface area contributed by atoms with Crippen LogP contribution in [0.1, 0.15) is 21.2 Å². The molecule has 1 N–H and O–H groups in total. The average Bonchev–Trinajstić information content (AvgIpc) is 3.19. The number of benzene rings is 1. The van der Waals surface area contributed by atoms with Gasteiger partial charge in [-0.05, 0) is 32.0 Å². The van der Waals surface area contributed by atoms with Gasteiger partial charge in [0, 0.05) is 10.9 Å². The quantitative estimate of drug-likeness (QED) is 0.570. The van der Waals surface area contributed by atoms with Crippen LogP contribution in [0.3, 0.4) is 0 Å². The van der Waals surface area contributed by atoms with Crippen molar-refractivity contribution < 1.29 is 4.79 Å². The summed E-state index contributed by atoms with van der Waals surface area (Å²) in [6.45, 7) is 3.68. The van der Waals surface area contributed by atoms with Gasteiger partial charge in [-0.1, -0.05) is 29.8 Å². The predicted octanol–water partition coefficient (Wildman–Crippen LogP) is 4.38. The molecule has 0 fully saturated rings. The molecular weight excluding hydrogens is 370 g/mol. The van der Waals surface area contributed by atoms with Crippen molar-refractivity contribution in [3.05, 3.63) is 63.2 Å². The second-order valence-corrected chi connectivity index (χ2v) is 7.19. The number of aryl methyl sites for hydroxylation is 2. The van der Waals surface area contributed by atoms with E-state index in [0.717, 1.165) is 10.6 Å². The average molecular weight is 384 g/mol. The highest BCUT2D eigenvalue weighted by Gasteiger charge is 2.17. The van der Waals surface area contributed by atoms with Gasteiger partial charge in [-0.25, -0.2) is 9.97 Å². The summed E-state index contributed by atoms with van der Waals surface area (Å²) in [5, 5.41) is 10.7. The van der Waals surface area contributed by atoms with Gasteiger partial charge in [0.2, 0.25) is 0 Å². The van der Waals surface area contributed by atoms with Gasteiger partial charge in [-0.3, -0.25) is 4.79 Å². The van der Waals surface area contributed by atoms with Crippen molar-refractivity contribution in [3.63, 3.8) is 0 Å². The third kappa shape index (κ3) is 2.95. The maximum atomic E-state index is 12.5. The molecule has 4 aromatic rings. The summed E-state index contributed by atoms with van der Waals surface area (Å²) in [5.41, 5.74) is 3.21. The van der Waals surface area contributed by atoms with Crippen molar-refractivity contribution in [1.29, 1.82) is 0 Å². The van der Waals surface area contributed by atoms with Crippen LogP contribution >= 0.6 is 22.9 Å². The van der Waals surface area contributed by atoms with Crippen molar-refractivity contribution in [1.82, 2.24) is 19.6 Å². The molecule has 3 heterocycles. The minimum atomic E-state index is -0.288. The summed E-state index contributed by atoms with van der Waals surface area (Å²) >= 11 is 7.71. The number of hydrogen-bond donors (Lipinski definition) is 1. The standard InChI is InChI=1S/C18H14ClN5OS/c1-10-17(22-18(25)15-9-26-11(2)21-15)24-16(20-10)8-7-14(23-24)12-5-3-4-6-13(12)19/h3-9H,1-2H3,(H,22,25). The molecule has 0 unspecified atom stereocenters. The normalized spacial score (nSPS) is 11.0. The monoisotopic (exact) mass is 383 g/mol. The summed E-state index contributed by atoms with van der Waals surface area (Å²) in [7, 11) is 0. The molecule has 0 aliphatic carbocycles. The maximum absolute atomic E-state index is 12.5. The molecule has 0 bridgehead atoms. The van der Waals surface area contributed by atoms with Gasteiger partial charge in [-0.15, -0.1) is 11.3 Å². The number of imidazole rings is 1. The number of amides is 1. The topological polar surface area (TPSA) is 72.2 Å². The van der Waals surface area contributed by atoms with Gasteiger partial charge >= 0.3 is 0 Å². The zero-order valence-corrected chi connectivity index (χ0v) is 15.6. The van der Waals surface area contributed by atoms with Crippen LogP contribution in [0.25, 0.3) is 16.9 Å². The van der Waals surface area contributed by atoms with Crippen molar-refractivity contribution >= 4 is 40.3 Å². The molecule has 8 heteroatoms. The summed E-state index contributed by atoms with van der Waals surface area (Å²) in [6, 6.07) is 11.2. The summed E-state index contributed by atoms with van der Waals surface area (Å²) in [4.78, 5) is 21.1. The first-order valence-corrected chi connectivity index (χ1v) is 9.13. The van der Waals surface area contributed by atoms with Crippen molar-refractivity contribution in [2.24, 2.45) is 0 Å². The number of hydrogen-bond acceptors (Lipinski definition) is 5. The van der Waals surface area contributed by atoms with Crippen LogP contribution in [0, 0.1) is 13.8 Å². The Morgan fingerprint density at radius 3 is 2.69 bits per heavy atom. The van der Waals surface area contributed by atoms with Crippen LogP contribution < -0.4 is 5.32 Å². The van der Waals surface area contributed by atoms with Gasteiger partial charge in [0.1, 0.15) is 5.69 Å². The Bertz CT molecular complexity index is 1130. The molecule has 0 radical (unpaired) electrons. The van der Waals surface area contributed by atoms with Crippen molar-refractivity contribution in [3.8, 4) is 11.3 Å². The van der Waals surface area contributed by atoms with E-state index in [2.05, 4.69) is 20.4 Å². The van der Waals surface area contributed by atoms with E-state index in [-0.39, 0.29) is 5.91 Å². The number of carbonyl (C=O) groups is 1. The third-order valence-electron chi connectivity index (χ3n) is 3.89. The first kappa shape index (κ1) is 16.7. The number of nitrogens with zero attached hydrogens (tertiary/aromatic N) is 4. The van der Waals surface area contributed by atoms with Gasteiger partial charge in [0.05, 0.1) is 21.4 Å². The molecule has 0 aliphatic heterocycles. The number of anilines is 1. The van der Waals surface area contributed by atoms with E-state index < -0.39 is 0 Å². The summed E-state index contributed by atoms with van der Waals surface area (Å²) < 4.78 is 1.62. The zero-order chi connectivity index (χ0) is 18.3. The van der Waals surface area contributed by atoms with Gasteiger partial charge < -0.3 is 5.32 Å². The Morgan fingerprint density at radius 2 is 1.96 bits per heavy atom. The zero-order valence-electron chi connectivity index (χ0n) is 14.0. The summed E-state index contributed by atoms with van der Waals surface area (Å²) in [6.07, 6.45) is 0. The highest BCUT2D eigenvalue weighted by molar-refractivity contribution is 7.09. The van der Waals surface area contributed by atoms with Crippen LogP contribution in [0.15, 0.2) is 41.8 Å². The lowest BCUT2D eigenvalue weighted by Gasteiger charge is -2.07. The fourth-order valence-corrected chi connectivity index (χ4v) is 3.46. The van der Waals surface area contributed by atoms with Crippen LogP contribution in [0.5, 0.6) is 0 Å². The van der Waals surface area contributed by atoms with Crippen molar-refractivity contribution in [2.45, 2.75) is 13.8 Å². The molecule has 0 saturated heterocycles. The van der Waals surface area contributed by atoms with Gasteiger partial charge in [0.25, 0.3) is 5.91 Å². The molecule has 6 nitrogen and oxygen atoms in total. The minimum Gasteiger partial charge on any atom is -0.304 e. The Kier molecular flexibility index (Phi) is 4.18. The molecule has 130 valence electrons. The highest BCUT2D eigenvalue weighted by atomic mass is 35.5. The fourth-order valence-electron chi connectivity index (χ4n) is 2.64. The van der Waals surface area contributed by atoms with E-state index >= 15 is 0 Å². The van der Waals surface area contributed by atoms with Crippen molar-refractivity contribution in [2.75, 3.05) is 5.32 Å². The SMILES string of the molecule is Cc1nc(C(=O)Nc2c(C)nc3ccc(-c4ccccc4Cl)nn23)cs1. The smallest absolute Gasteiger partial charge is 0.276 e. The second-order valence-electron chi connectivity index (χ2n) is 5.72. The first-order valence-electron chi connectivity index (χ1n) is 7.87. The molecule has 1 amide bonds. The number of halogens is 1. The van der Waals surface area contributed by atoms with E-state index in [9.17, 15) is 4.79 Å². The maximum Gasteiger partial charge on any atom is 0.276 e. The van der Waals surface area contributed by atoms with Gasteiger partial charge in [-0.2, -0.15) is 9.61 Å². The van der Waals surface area contributed by atoms with E-state index in [1.54, 1.807) is 9.90 Å². The number of rotatable bonds is 3. The molecular formula is C18H14ClN5OS. The molecule has 3 aromatic heterocycles. The van der Waals surface area contributed by atoms with E-state index in [4.69, 9.17) is 11.6 Å². The molecule has 0 spiro atoms. The van der Waals surface area contributed by atoms with Crippen LogP contribution in [0.2, 0.25) is 5.02 Å².